The van der Waals surface area contributed by atoms with Crippen molar-refractivity contribution in [1.82, 2.24) is 10.2 Å². The number of hydrogen-bond donors (Lipinski definition) is 4. The molecule has 2 aliphatic heterocycles. The summed E-state index contributed by atoms with van der Waals surface area (Å²) in [7, 11) is 3.50. The lowest BCUT2D eigenvalue weighted by Crippen LogP contribution is -2.71. The van der Waals surface area contributed by atoms with Gasteiger partial charge in [-0.1, -0.05) is 36.4 Å². The van der Waals surface area contributed by atoms with Crippen LogP contribution in [-0.2, 0) is 34.1 Å². The molecule has 252 valence electrons. The number of aliphatic carboxylic acids is 1. The molecule has 0 aromatic heterocycles. The molecule has 1 amide bonds. The summed E-state index contributed by atoms with van der Waals surface area (Å²) in [6, 6.07) is 11.8. The lowest BCUT2D eigenvalue weighted by atomic mass is 9.54. The molecule has 2 heterocycles. The van der Waals surface area contributed by atoms with Crippen molar-refractivity contribution >= 4 is 23.8 Å². The van der Waals surface area contributed by atoms with E-state index in [-0.39, 0.29) is 31.2 Å². The van der Waals surface area contributed by atoms with Crippen LogP contribution in [-0.4, -0.2) is 95.1 Å². The number of fused-ring (bicyclic) bond motifs is 1. The normalized spacial score (nSPS) is 25.9. The number of aliphatic hydroxyl groups excluding tert-OH is 1. The number of likely N-dealkylation sites (N-methyl/N-ethyl adjacent to an activating group) is 1. The summed E-state index contributed by atoms with van der Waals surface area (Å²) in [6.07, 6.45) is -2.89. The van der Waals surface area contributed by atoms with E-state index in [1.165, 1.54) is 7.11 Å². The van der Waals surface area contributed by atoms with E-state index >= 15 is 0 Å². The second kappa shape index (κ2) is 13.3. The number of aryl methyl sites for hydroxylation is 1. The van der Waals surface area contributed by atoms with Gasteiger partial charge in [-0.25, -0.2) is 9.59 Å². The lowest BCUT2D eigenvalue weighted by molar-refractivity contribution is -0.173. The monoisotopic (exact) mass is 652 g/mol. The first kappa shape index (κ1) is 33.9. The van der Waals surface area contributed by atoms with Gasteiger partial charge in [0.05, 0.1) is 31.0 Å². The molecule has 1 saturated heterocycles. The largest absolute Gasteiger partial charge is 0.493 e. The number of carbonyl (C=O) groups excluding carboxylic acids is 3. The van der Waals surface area contributed by atoms with Gasteiger partial charge in [-0.2, -0.15) is 0 Å². The number of carboxylic acid groups (broad SMARTS) is 1. The Morgan fingerprint density at radius 3 is 2.55 bits per heavy atom. The number of amides is 1. The van der Waals surface area contributed by atoms with Crippen LogP contribution in [0.2, 0.25) is 0 Å². The molecule has 5 rings (SSSR count). The third-order valence-corrected chi connectivity index (χ3v) is 9.63. The van der Waals surface area contributed by atoms with Crippen molar-refractivity contribution in [3.8, 4) is 11.5 Å². The number of aliphatic hydroxyl groups is 2. The van der Waals surface area contributed by atoms with Gasteiger partial charge in [0.1, 0.15) is 5.76 Å². The fraction of sp³-hybridized carbons (Fsp3) is 0.471. The van der Waals surface area contributed by atoms with Crippen LogP contribution in [0.25, 0.3) is 0 Å². The Morgan fingerprint density at radius 2 is 1.87 bits per heavy atom. The SMILES string of the molecule is COc1ccc(C)c2c1O[C@H]1C(OC(=O)[C@H](OC(=O)CCNC(=O)C[C@H](O)C(=O)O)c3ccccc3)=CC[C@@]3(O)[C@@H](C)N(C)CC[C@]213. The van der Waals surface area contributed by atoms with E-state index in [9.17, 15) is 29.4 Å². The number of methoxy groups -OCH3 is 1. The zero-order chi connectivity index (χ0) is 34.1. The number of nitrogens with zero attached hydrogens (tertiary/aromatic N) is 1. The topological polar surface area (TPSA) is 181 Å². The van der Waals surface area contributed by atoms with E-state index in [4.69, 9.17) is 24.1 Å². The van der Waals surface area contributed by atoms with Crippen molar-refractivity contribution in [2.45, 2.75) is 74.9 Å². The van der Waals surface area contributed by atoms with E-state index in [0.29, 0.717) is 30.0 Å². The Bertz CT molecular complexity index is 1580. The zero-order valence-electron chi connectivity index (χ0n) is 26.7. The molecular formula is C34H40N2O11. The molecule has 0 bridgehead atoms. The lowest BCUT2D eigenvalue weighted by Gasteiger charge is -2.58. The smallest absolute Gasteiger partial charge is 0.357 e. The van der Waals surface area contributed by atoms with Gasteiger partial charge in [0.2, 0.25) is 12.0 Å². The Hall–Kier alpha value is -4.46. The van der Waals surface area contributed by atoms with Crippen molar-refractivity contribution in [2.75, 3.05) is 27.2 Å². The highest BCUT2D eigenvalue weighted by molar-refractivity contribution is 5.84. The van der Waals surface area contributed by atoms with Crippen LogP contribution in [0.3, 0.4) is 0 Å². The summed E-state index contributed by atoms with van der Waals surface area (Å²) in [5.41, 5.74) is -0.174. The highest BCUT2D eigenvalue weighted by Crippen LogP contribution is 2.62. The summed E-state index contributed by atoms with van der Waals surface area (Å²) in [5, 5.41) is 33.0. The quantitative estimate of drug-likeness (QED) is 0.259. The van der Waals surface area contributed by atoms with Gasteiger partial charge in [-0.05, 0) is 51.6 Å². The van der Waals surface area contributed by atoms with E-state index in [0.717, 1.165) is 11.1 Å². The molecule has 2 aromatic rings. The number of ether oxygens (including phenoxy) is 4. The average Bonchev–Trinajstić information content (AvgIpc) is 3.41. The maximum absolute atomic E-state index is 13.9. The molecular weight excluding hydrogens is 612 g/mol. The van der Waals surface area contributed by atoms with Crippen molar-refractivity contribution < 1.29 is 53.4 Å². The third kappa shape index (κ3) is 6.06. The number of carboxylic acids is 1. The van der Waals surface area contributed by atoms with Gasteiger partial charge in [0, 0.05) is 30.1 Å². The minimum absolute atomic E-state index is 0.170. The van der Waals surface area contributed by atoms with Gasteiger partial charge >= 0.3 is 17.9 Å². The van der Waals surface area contributed by atoms with Gasteiger partial charge in [0.25, 0.3) is 0 Å². The molecule has 0 saturated carbocycles. The minimum Gasteiger partial charge on any atom is -0.493 e. The number of benzene rings is 2. The summed E-state index contributed by atoms with van der Waals surface area (Å²) >= 11 is 0. The minimum atomic E-state index is -1.87. The first-order valence-corrected chi connectivity index (χ1v) is 15.4. The number of nitrogens with one attached hydrogen (secondary N) is 1. The Morgan fingerprint density at radius 1 is 1.15 bits per heavy atom. The van der Waals surface area contributed by atoms with Crippen molar-refractivity contribution in [3.63, 3.8) is 0 Å². The van der Waals surface area contributed by atoms with E-state index in [1.807, 2.05) is 27.0 Å². The van der Waals surface area contributed by atoms with Crippen molar-refractivity contribution in [2.24, 2.45) is 0 Å². The fourth-order valence-corrected chi connectivity index (χ4v) is 7.03. The van der Waals surface area contributed by atoms with Crippen LogP contribution in [0.1, 0.15) is 55.4 Å². The van der Waals surface area contributed by atoms with Crippen LogP contribution >= 0.6 is 0 Å². The van der Waals surface area contributed by atoms with Gasteiger partial charge < -0.3 is 44.5 Å². The Labute approximate surface area is 272 Å². The van der Waals surface area contributed by atoms with Gasteiger partial charge in [-0.15, -0.1) is 0 Å². The zero-order valence-corrected chi connectivity index (χ0v) is 26.7. The molecule has 13 heteroatoms. The molecule has 47 heavy (non-hydrogen) atoms. The van der Waals surface area contributed by atoms with Gasteiger partial charge in [-0.3, -0.25) is 9.59 Å². The van der Waals surface area contributed by atoms with Crippen LogP contribution in [0, 0.1) is 6.92 Å². The predicted molar refractivity (Wildman–Crippen MR) is 165 cm³/mol. The molecule has 1 aliphatic carbocycles. The Balaban J connectivity index is 1.39. The van der Waals surface area contributed by atoms with E-state index in [2.05, 4.69) is 10.2 Å². The molecule has 2 aromatic carbocycles. The van der Waals surface area contributed by atoms with E-state index in [1.54, 1.807) is 42.5 Å². The number of likely N-dealkylation sites (tertiary alicyclic amines) is 1. The maximum Gasteiger partial charge on any atom is 0.357 e. The van der Waals surface area contributed by atoms with E-state index < -0.39 is 59.6 Å². The second-order valence-electron chi connectivity index (χ2n) is 12.3. The molecule has 0 unspecified atom stereocenters. The molecule has 1 fully saturated rings. The fourth-order valence-electron chi connectivity index (χ4n) is 7.03. The number of rotatable bonds is 11. The molecule has 13 nitrogen and oxygen atoms in total. The third-order valence-electron chi connectivity index (χ3n) is 9.63. The predicted octanol–water partition coefficient (Wildman–Crippen LogP) is 1.91. The molecule has 6 atom stereocenters. The number of carbonyl (C=O) groups is 4. The molecule has 4 N–H and O–H groups in total. The van der Waals surface area contributed by atoms with Crippen LogP contribution in [0.15, 0.2) is 54.3 Å². The van der Waals surface area contributed by atoms with Crippen molar-refractivity contribution in [1.29, 1.82) is 0 Å². The average molecular weight is 653 g/mol. The molecule has 3 aliphatic rings. The van der Waals surface area contributed by atoms with Crippen LogP contribution in [0.5, 0.6) is 11.5 Å². The van der Waals surface area contributed by atoms with Gasteiger partial charge in [0.15, 0.2) is 23.7 Å². The number of piperidine rings is 1. The highest BCUT2D eigenvalue weighted by Gasteiger charge is 2.69. The summed E-state index contributed by atoms with van der Waals surface area (Å²) in [6.45, 7) is 4.36. The molecule has 0 radical (unpaired) electrons. The number of esters is 2. The van der Waals surface area contributed by atoms with Crippen molar-refractivity contribution in [3.05, 3.63) is 71.0 Å². The summed E-state index contributed by atoms with van der Waals surface area (Å²) < 4.78 is 23.8. The summed E-state index contributed by atoms with van der Waals surface area (Å²) in [4.78, 5) is 51.5. The Kier molecular flexibility index (Phi) is 9.62. The highest BCUT2D eigenvalue weighted by atomic mass is 16.6. The maximum atomic E-state index is 13.9. The first-order valence-electron chi connectivity index (χ1n) is 15.4. The second-order valence-corrected chi connectivity index (χ2v) is 12.3. The first-order chi connectivity index (χ1) is 22.3. The van der Waals surface area contributed by atoms with Crippen LogP contribution < -0.4 is 14.8 Å². The number of hydrogen-bond acceptors (Lipinski definition) is 11. The summed E-state index contributed by atoms with van der Waals surface area (Å²) in [5.74, 6) is -2.84. The molecule has 1 spiro atoms. The van der Waals surface area contributed by atoms with Crippen LogP contribution in [0.4, 0.5) is 0 Å². The standard InChI is InChI=1S/C34H40N2O11/c1-19-10-11-23(44-4)29-27(19)33-15-17-36(3)20(2)34(33,43)14-12-24(30(33)47-29)45-32(42)28(21-8-6-5-7-9-21)46-26(39)13-16-35-25(38)18-22(37)31(40)41/h5-12,20,22,28,30,37,43H,13-18H2,1-4H3,(H,35,38)(H,40,41)/t20-,22+,28-,30+,33+,34-/m1/s1.